The van der Waals surface area contributed by atoms with Crippen molar-refractivity contribution < 1.29 is 4.79 Å². The first kappa shape index (κ1) is 22.4. The summed E-state index contributed by atoms with van der Waals surface area (Å²) in [5, 5.41) is 3.61. The van der Waals surface area contributed by atoms with Crippen LogP contribution in [-0.4, -0.2) is 18.4 Å². The second-order valence-corrected chi connectivity index (χ2v) is 9.28. The summed E-state index contributed by atoms with van der Waals surface area (Å²) in [6, 6.07) is 17.7. The minimum Gasteiger partial charge on any atom is -0.313 e. The van der Waals surface area contributed by atoms with Crippen molar-refractivity contribution >= 4 is 5.78 Å². The van der Waals surface area contributed by atoms with Gasteiger partial charge in [-0.15, -0.1) is 0 Å². The Morgan fingerprint density at radius 2 is 1.32 bits per heavy atom. The molecule has 0 aromatic heterocycles. The molecule has 2 nitrogen and oxygen atoms in total. The fraction of sp³-hybridized carbons (Fsp3) is 0.500. The maximum absolute atomic E-state index is 11.4. The number of benzene rings is 2. The monoisotopic (exact) mass is 379 g/mol. The minimum atomic E-state index is -0.353. The van der Waals surface area contributed by atoms with Crippen LogP contribution in [0.1, 0.15) is 69.7 Å². The van der Waals surface area contributed by atoms with Gasteiger partial charge in [0.25, 0.3) is 0 Å². The average Bonchev–Trinajstić information content (AvgIpc) is 3.18. The van der Waals surface area contributed by atoms with E-state index in [4.69, 9.17) is 0 Å². The molecule has 2 aromatic rings. The Hall–Kier alpha value is -1.93. The van der Waals surface area contributed by atoms with Gasteiger partial charge in [-0.25, -0.2) is 0 Å². The molecule has 1 atom stereocenters. The lowest BCUT2D eigenvalue weighted by Gasteiger charge is -2.32. The molecule has 0 radical (unpaired) electrons. The molecule has 0 saturated carbocycles. The number of ketones is 1. The van der Waals surface area contributed by atoms with Gasteiger partial charge in [-0.05, 0) is 65.1 Å². The highest BCUT2D eigenvalue weighted by Crippen LogP contribution is 2.31. The Bertz CT molecular complexity index is 763. The lowest BCUT2D eigenvalue weighted by molar-refractivity contribution is -0.121. The van der Waals surface area contributed by atoms with Crippen LogP contribution in [-0.2, 0) is 15.6 Å². The third-order valence-corrected chi connectivity index (χ3v) is 6.38. The maximum Gasteiger partial charge on any atom is 0.139 e. The van der Waals surface area contributed by atoms with E-state index in [1.165, 1.54) is 36.1 Å². The average molecular weight is 380 g/mol. The molecule has 2 aromatic carbocycles. The van der Waals surface area contributed by atoms with Crippen LogP contribution in [0.3, 0.4) is 0 Å². The Morgan fingerprint density at radius 1 is 0.857 bits per heavy atom. The van der Waals surface area contributed by atoms with E-state index in [9.17, 15) is 4.79 Å². The summed E-state index contributed by atoms with van der Waals surface area (Å²) in [6.07, 6.45) is 2.63. The van der Waals surface area contributed by atoms with Crippen molar-refractivity contribution in [1.82, 2.24) is 5.32 Å². The van der Waals surface area contributed by atoms with Crippen molar-refractivity contribution in [2.75, 3.05) is 6.54 Å². The van der Waals surface area contributed by atoms with E-state index in [1.54, 1.807) is 6.92 Å². The first-order valence-corrected chi connectivity index (χ1v) is 10.4. The summed E-state index contributed by atoms with van der Waals surface area (Å²) >= 11 is 0. The van der Waals surface area contributed by atoms with E-state index < -0.39 is 0 Å². The Kier molecular flexibility index (Phi) is 7.22. The van der Waals surface area contributed by atoms with Gasteiger partial charge in [0.05, 0.1) is 0 Å². The molecule has 28 heavy (non-hydrogen) atoms. The Labute approximate surface area is 171 Å². The number of hydrogen-bond donors (Lipinski definition) is 1. The van der Waals surface area contributed by atoms with Crippen LogP contribution in [0.5, 0.6) is 0 Å². The van der Waals surface area contributed by atoms with Crippen molar-refractivity contribution in [2.45, 2.75) is 78.2 Å². The third kappa shape index (κ3) is 5.32. The molecule has 0 amide bonds. The molecule has 1 N–H and O–H groups in total. The molecule has 152 valence electrons. The highest BCUT2D eigenvalue weighted by molar-refractivity contribution is 5.87. The highest BCUT2D eigenvalue weighted by Gasteiger charge is 2.32. The van der Waals surface area contributed by atoms with E-state index in [1.807, 2.05) is 45.0 Å². The molecule has 2 heteroatoms. The smallest absolute Gasteiger partial charge is 0.139 e. The van der Waals surface area contributed by atoms with Crippen molar-refractivity contribution in [3.63, 3.8) is 0 Å². The van der Waals surface area contributed by atoms with Gasteiger partial charge in [0.2, 0.25) is 0 Å². The predicted octanol–water partition coefficient (Wildman–Crippen LogP) is 5.89. The number of carbonyl (C=O) groups is 1. The summed E-state index contributed by atoms with van der Waals surface area (Å²) in [5.41, 5.74) is 5.01. The molecule has 0 bridgehead atoms. The van der Waals surface area contributed by atoms with Crippen LogP contribution in [0.4, 0.5) is 0 Å². The molecule has 1 saturated heterocycles. The summed E-state index contributed by atoms with van der Waals surface area (Å²) in [7, 11) is 0. The number of aryl methyl sites for hydroxylation is 2. The number of hydrogen-bond acceptors (Lipinski definition) is 2. The number of rotatable bonds is 4. The quantitative estimate of drug-likeness (QED) is 0.718. The molecule has 1 heterocycles. The molecule has 0 aliphatic carbocycles. The van der Waals surface area contributed by atoms with E-state index in [2.05, 4.69) is 50.4 Å². The molecular formula is C26H37NO. The third-order valence-electron chi connectivity index (χ3n) is 6.38. The maximum atomic E-state index is 11.4. The molecule has 1 fully saturated rings. The fourth-order valence-corrected chi connectivity index (χ4v) is 3.66. The lowest BCUT2D eigenvalue weighted by Crippen LogP contribution is -2.40. The topological polar surface area (TPSA) is 29.1 Å². The van der Waals surface area contributed by atoms with Gasteiger partial charge in [-0.1, -0.05) is 73.5 Å². The minimum absolute atomic E-state index is 0.205. The first-order valence-electron chi connectivity index (χ1n) is 10.4. The van der Waals surface area contributed by atoms with Crippen molar-refractivity contribution in [1.29, 1.82) is 0 Å². The van der Waals surface area contributed by atoms with E-state index in [0.29, 0.717) is 6.04 Å². The van der Waals surface area contributed by atoms with E-state index in [-0.39, 0.29) is 16.6 Å². The van der Waals surface area contributed by atoms with Gasteiger partial charge in [0.15, 0.2) is 0 Å². The zero-order valence-electron chi connectivity index (χ0n) is 18.7. The van der Waals surface area contributed by atoms with E-state index in [0.717, 1.165) is 5.56 Å². The molecule has 1 aliphatic rings. The molecule has 3 rings (SSSR count). The molecular weight excluding hydrogens is 342 g/mol. The summed E-state index contributed by atoms with van der Waals surface area (Å²) in [6.45, 7) is 15.6. The number of carbonyl (C=O) groups excluding carboxylic acids is 1. The van der Waals surface area contributed by atoms with Crippen molar-refractivity contribution in [2.24, 2.45) is 0 Å². The summed E-state index contributed by atoms with van der Waals surface area (Å²) < 4.78 is 0. The largest absolute Gasteiger partial charge is 0.313 e. The van der Waals surface area contributed by atoms with Crippen LogP contribution < -0.4 is 5.32 Å². The van der Waals surface area contributed by atoms with Gasteiger partial charge < -0.3 is 5.32 Å². The molecule has 1 aliphatic heterocycles. The van der Waals surface area contributed by atoms with Gasteiger partial charge in [-0.2, -0.15) is 0 Å². The first-order chi connectivity index (χ1) is 13.0. The lowest BCUT2D eigenvalue weighted by atomic mass is 9.77. The molecule has 1 unspecified atom stereocenters. The predicted molar refractivity (Wildman–Crippen MR) is 120 cm³/mol. The summed E-state index contributed by atoms with van der Waals surface area (Å²) in [5.74, 6) is 0.205. The van der Waals surface area contributed by atoms with Gasteiger partial charge in [-0.3, -0.25) is 4.79 Å². The second-order valence-electron chi connectivity index (χ2n) is 9.28. The van der Waals surface area contributed by atoms with Crippen molar-refractivity contribution in [3.05, 3.63) is 70.8 Å². The van der Waals surface area contributed by atoms with Gasteiger partial charge >= 0.3 is 0 Å². The van der Waals surface area contributed by atoms with Crippen LogP contribution >= 0.6 is 0 Å². The van der Waals surface area contributed by atoms with Crippen LogP contribution in [0.2, 0.25) is 0 Å². The SMILES string of the molecule is CC(=O)C(C)(C)c1ccc(C)cc1.Cc1ccc(C(C)(C)C2CCCN2)cc1. The van der Waals surface area contributed by atoms with E-state index >= 15 is 0 Å². The van der Waals surface area contributed by atoms with Gasteiger partial charge in [0.1, 0.15) is 5.78 Å². The zero-order valence-corrected chi connectivity index (χ0v) is 18.7. The molecule has 0 spiro atoms. The van der Waals surface area contributed by atoms with Crippen LogP contribution in [0.15, 0.2) is 48.5 Å². The standard InChI is InChI=1S/C14H21N.C12H16O/c1-11-6-8-12(9-7-11)14(2,3)13-5-4-10-15-13;1-9-5-7-11(8-6-9)12(3,4)10(2)13/h6-9,13,15H,4-5,10H2,1-3H3;5-8H,1-4H3. The number of nitrogens with one attached hydrogen (secondary N) is 1. The van der Waals surface area contributed by atoms with Crippen LogP contribution in [0.25, 0.3) is 0 Å². The summed E-state index contributed by atoms with van der Waals surface area (Å²) in [4.78, 5) is 11.4. The Morgan fingerprint density at radius 3 is 1.71 bits per heavy atom. The second kappa shape index (κ2) is 9.05. The Balaban J connectivity index is 0.000000203. The normalized spacial score (nSPS) is 17.0. The number of Topliss-reactive ketones (excluding diaryl/α,β-unsaturated/α-hetero) is 1. The van der Waals surface area contributed by atoms with Crippen molar-refractivity contribution in [3.8, 4) is 0 Å². The fourth-order valence-electron chi connectivity index (χ4n) is 3.66. The van der Waals surface area contributed by atoms with Crippen LogP contribution in [0, 0.1) is 13.8 Å². The van der Waals surface area contributed by atoms with Gasteiger partial charge in [0, 0.05) is 16.9 Å². The highest BCUT2D eigenvalue weighted by atomic mass is 16.1. The zero-order chi connectivity index (χ0) is 20.9.